The molecule has 0 saturated carbocycles. The van der Waals surface area contributed by atoms with E-state index in [0.717, 1.165) is 0 Å². The van der Waals surface area contributed by atoms with E-state index in [1.54, 1.807) is 12.1 Å². The van der Waals surface area contributed by atoms with E-state index in [1.165, 1.54) is 19.2 Å². The molecule has 0 aliphatic heterocycles. The number of ether oxygens (including phenoxy) is 1. The van der Waals surface area contributed by atoms with Crippen LogP contribution in [0, 0.1) is 0 Å². The molecule has 4 N–H and O–H groups in total. The van der Waals surface area contributed by atoms with Crippen molar-refractivity contribution in [1.82, 2.24) is 0 Å². The molecule has 0 spiro atoms. The Morgan fingerprint density at radius 1 is 1.42 bits per heavy atom. The summed E-state index contributed by atoms with van der Waals surface area (Å²) in [6, 6.07) is 4.90. The molecule has 102 valence electrons. The van der Waals surface area contributed by atoms with Gasteiger partial charge in [0.25, 0.3) is 0 Å². The first-order valence-corrected chi connectivity index (χ1v) is 5.40. The number of nitrogens with two attached hydrogens (primary N) is 1. The Kier molecular flexibility index (Phi) is 5.01. The first kappa shape index (κ1) is 14.7. The number of carboxylic acid groups (broad SMARTS) is 1. The second kappa shape index (κ2) is 6.50. The maximum Gasteiger partial charge on any atom is 0.337 e. The van der Waals surface area contributed by atoms with E-state index in [0.29, 0.717) is 5.69 Å². The van der Waals surface area contributed by atoms with Gasteiger partial charge in [-0.25, -0.2) is 4.79 Å². The predicted octanol–water partition coefficient (Wildman–Crippen LogP) is 0.214. The smallest absolute Gasteiger partial charge is 0.337 e. The lowest BCUT2D eigenvalue weighted by Crippen LogP contribution is -2.37. The van der Waals surface area contributed by atoms with Crippen LogP contribution in [0.4, 0.5) is 5.69 Å². The molecule has 0 radical (unpaired) electrons. The van der Waals surface area contributed by atoms with Crippen LogP contribution in [0.15, 0.2) is 24.3 Å². The molecule has 1 rings (SSSR count). The molecule has 7 nitrogen and oxygen atoms in total. The van der Waals surface area contributed by atoms with Crippen molar-refractivity contribution in [2.45, 2.75) is 12.5 Å². The van der Waals surface area contributed by atoms with Gasteiger partial charge in [0.05, 0.1) is 25.1 Å². The summed E-state index contributed by atoms with van der Waals surface area (Å²) < 4.78 is 4.54. The number of hydrogen-bond acceptors (Lipinski definition) is 5. The molecule has 19 heavy (non-hydrogen) atoms. The molecule has 0 heterocycles. The number of anilines is 1. The lowest BCUT2D eigenvalue weighted by molar-refractivity contribution is -0.138. The highest BCUT2D eigenvalue weighted by Gasteiger charge is 2.17. The van der Waals surface area contributed by atoms with Crippen LogP contribution in [0.2, 0.25) is 0 Å². The highest BCUT2D eigenvalue weighted by atomic mass is 16.5. The summed E-state index contributed by atoms with van der Waals surface area (Å²) in [6.07, 6.45) is -0.470. The third-order valence-electron chi connectivity index (χ3n) is 2.28. The Labute approximate surface area is 109 Å². The van der Waals surface area contributed by atoms with Gasteiger partial charge in [-0.15, -0.1) is 0 Å². The summed E-state index contributed by atoms with van der Waals surface area (Å²) in [7, 11) is 1.25. The molecular weight excluding hydrogens is 252 g/mol. The van der Waals surface area contributed by atoms with Crippen molar-refractivity contribution in [3.8, 4) is 0 Å². The third kappa shape index (κ3) is 4.40. The highest BCUT2D eigenvalue weighted by molar-refractivity contribution is 5.98. The number of carboxylic acids is 1. The van der Waals surface area contributed by atoms with E-state index >= 15 is 0 Å². The fourth-order valence-electron chi connectivity index (χ4n) is 1.36. The van der Waals surface area contributed by atoms with Gasteiger partial charge in [-0.2, -0.15) is 0 Å². The molecule has 7 heteroatoms. The molecule has 1 amide bonds. The van der Waals surface area contributed by atoms with Crippen molar-refractivity contribution in [3.05, 3.63) is 29.8 Å². The predicted molar refractivity (Wildman–Crippen MR) is 66.6 cm³/mol. The van der Waals surface area contributed by atoms with E-state index in [4.69, 9.17) is 10.8 Å². The number of hydrogen-bond donors (Lipinski definition) is 3. The molecule has 1 aromatic carbocycles. The van der Waals surface area contributed by atoms with E-state index in [1.807, 2.05) is 0 Å². The molecular formula is C12H14N2O5. The van der Waals surface area contributed by atoms with Crippen molar-refractivity contribution in [2.24, 2.45) is 5.73 Å². The van der Waals surface area contributed by atoms with Gasteiger partial charge >= 0.3 is 11.9 Å². The third-order valence-corrected chi connectivity index (χ3v) is 2.28. The molecule has 1 aromatic rings. The average molecular weight is 266 g/mol. The van der Waals surface area contributed by atoms with Crippen molar-refractivity contribution in [2.75, 3.05) is 12.4 Å². The van der Waals surface area contributed by atoms with Gasteiger partial charge in [-0.1, -0.05) is 6.07 Å². The maximum atomic E-state index is 11.6. The SMILES string of the molecule is COC(=O)c1cccc(NC(=O)C(N)CC(=O)O)c1. The summed E-state index contributed by atoms with van der Waals surface area (Å²) in [6.45, 7) is 0. The summed E-state index contributed by atoms with van der Waals surface area (Å²) in [5.74, 6) is -2.33. The van der Waals surface area contributed by atoms with Crippen LogP contribution < -0.4 is 11.1 Å². The molecule has 0 aromatic heterocycles. The summed E-state index contributed by atoms with van der Waals surface area (Å²) in [4.78, 5) is 33.3. The molecule has 0 bridgehead atoms. The lowest BCUT2D eigenvalue weighted by atomic mass is 10.1. The van der Waals surface area contributed by atoms with Crippen LogP contribution in [-0.2, 0) is 14.3 Å². The fourth-order valence-corrected chi connectivity index (χ4v) is 1.36. The number of aliphatic carboxylic acids is 1. The number of rotatable bonds is 5. The zero-order valence-electron chi connectivity index (χ0n) is 10.3. The molecule has 0 saturated heterocycles. The Morgan fingerprint density at radius 3 is 2.68 bits per heavy atom. The number of amides is 1. The van der Waals surface area contributed by atoms with Crippen LogP contribution in [0.1, 0.15) is 16.8 Å². The maximum absolute atomic E-state index is 11.6. The Balaban J connectivity index is 2.74. The minimum Gasteiger partial charge on any atom is -0.481 e. The van der Waals surface area contributed by atoms with Gasteiger partial charge in [-0.3, -0.25) is 9.59 Å². The number of nitrogens with one attached hydrogen (secondary N) is 1. The second-order valence-electron chi connectivity index (χ2n) is 3.77. The Morgan fingerprint density at radius 2 is 2.11 bits per heavy atom. The number of methoxy groups -OCH3 is 1. The van der Waals surface area contributed by atoms with Gasteiger partial charge in [0.15, 0.2) is 0 Å². The number of esters is 1. The Hall–Kier alpha value is -2.41. The van der Waals surface area contributed by atoms with Gasteiger partial charge in [-0.05, 0) is 18.2 Å². The fraction of sp³-hybridized carbons (Fsp3) is 0.250. The summed E-state index contributed by atoms with van der Waals surface area (Å²) >= 11 is 0. The molecule has 0 fully saturated rings. The number of benzene rings is 1. The van der Waals surface area contributed by atoms with E-state index in [2.05, 4.69) is 10.1 Å². The first-order valence-electron chi connectivity index (χ1n) is 5.40. The van der Waals surface area contributed by atoms with Gasteiger partial charge in [0.2, 0.25) is 5.91 Å². The van der Waals surface area contributed by atoms with Crippen molar-refractivity contribution < 1.29 is 24.2 Å². The van der Waals surface area contributed by atoms with E-state index in [-0.39, 0.29) is 5.56 Å². The molecule has 1 atom stereocenters. The first-order chi connectivity index (χ1) is 8.93. The highest BCUT2D eigenvalue weighted by Crippen LogP contribution is 2.12. The van der Waals surface area contributed by atoms with Crippen molar-refractivity contribution in [1.29, 1.82) is 0 Å². The summed E-state index contributed by atoms with van der Waals surface area (Å²) in [5.41, 5.74) is 6.02. The summed E-state index contributed by atoms with van der Waals surface area (Å²) in [5, 5.41) is 11.0. The van der Waals surface area contributed by atoms with Crippen LogP contribution in [0.25, 0.3) is 0 Å². The number of carbonyl (C=O) groups is 3. The Bertz CT molecular complexity index is 501. The topological polar surface area (TPSA) is 119 Å². The van der Waals surface area contributed by atoms with Gasteiger partial charge < -0.3 is 20.9 Å². The molecule has 0 aliphatic carbocycles. The minimum atomic E-state index is -1.16. The quantitative estimate of drug-likeness (QED) is 0.656. The standard InChI is InChI=1S/C12H14N2O5/c1-19-12(18)7-3-2-4-8(5-7)14-11(17)9(13)6-10(15)16/h2-5,9H,6,13H2,1H3,(H,14,17)(H,15,16). The van der Waals surface area contributed by atoms with E-state index < -0.39 is 30.3 Å². The van der Waals surface area contributed by atoms with Crippen LogP contribution in [0.5, 0.6) is 0 Å². The average Bonchev–Trinajstić information content (AvgIpc) is 2.37. The zero-order valence-corrected chi connectivity index (χ0v) is 10.3. The van der Waals surface area contributed by atoms with Crippen LogP contribution in [-0.4, -0.2) is 36.1 Å². The van der Waals surface area contributed by atoms with Gasteiger partial charge in [0, 0.05) is 5.69 Å². The molecule has 0 aliphatic rings. The normalized spacial score (nSPS) is 11.5. The minimum absolute atomic E-state index is 0.270. The second-order valence-corrected chi connectivity index (χ2v) is 3.77. The molecule has 1 unspecified atom stereocenters. The lowest BCUT2D eigenvalue weighted by Gasteiger charge is -2.10. The van der Waals surface area contributed by atoms with E-state index in [9.17, 15) is 14.4 Å². The zero-order chi connectivity index (χ0) is 14.4. The van der Waals surface area contributed by atoms with Crippen molar-refractivity contribution >= 4 is 23.5 Å². The van der Waals surface area contributed by atoms with Gasteiger partial charge in [0.1, 0.15) is 0 Å². The largest absolute Gasteiger partial charge is 0.481 e. The van der Waals surface area contributed by atoms with Crippen molar-refractivity contribution in [3.63, 3.8) is 0 Å². The van der Waals surface area contributed by atoms with Crippen LogP contribution in [0.3, 0.4) is 0 Å². The monoisotopic (exact) mass is 266 g/mol. The van der Waals surface area contributed by atoms with Crippen LogP contribution >= 0.6 is 0 Å². The number of carbonyl (C=O) groups excluding carboxylic acids is 2.